The molecule has 0 bridgehead atoms. The van der Waals surface area contributed by atoms with Gasteiger partial charge in [0, 0.05) is 18.4 Å². The quantitative estimate of drug-likeness (QED) is 0.0723. The maximum atomic E-state index is 4.47. The molecule has 0 saturated heterocycles. The predicted molar refractivity (Wildman–Crippen MR) is 190 cm³/mol. The van der Waals surface area contributed by atoms with Crippen molar-refractivity contribution in [3.05, 3.63) is 18.2 Å². The van der Waals surface area contributed by atoms with Gasteiger partial charge >= 0.3 is 0 Å². The zero-order chi connectivity index (χ0) is 30.0. The maximum Gasteiger partial charge on any atom is 0.0948 e. The van der Waals surface area contributed by atoms with Crippen LogP contribution < -0.4 is 0 Å². The van der Waals surface area contributed by atoms with Crippen LogP contribution in [-0.2, 0) is 13.0 Å². The smallest absolute Gasteiger partial charge is 0.0948 e. The third-order valence-electron chi connectivity index (χ3n) is 9.59. The van der Waals surface area contributed by atoms with Crippen LogP contribution >= 0.6 is 0 Å². The Balaban J connectivity index is 1.81. The molecule has 0 aliphatic carbocycles. The van der Waals surface area contributed by atoms with E-state index >= 15 is 0 Å². The van der Waals surface area contributed by atoms with Crippen molar-refractivity contribution < 1.29 is 0 Å². The van der Waals surface area contributed by atoms with E-state index in [2.05, 4.69) is 35.9 Å². The van der Waals surface area contributed by atoms with E-state index in [1.807, 2.05) is 0 Å². The second kappa shape index (κ2) is 33.1. The molecule has 0 unspecified atom stereocenters. The fourth-order valence-electron chi connectivity index (χ4n) is 6.62. The van der Waals surface area contributed by atoms with Crippen molar-refractivity contribution in [2.75, 3.05) is 0 Å². The highest BCUT2D eigenvalue weighted by molar-refractivity contribution is 4.98. The van der Waals surface area contributed by atoms with Crippen molar-refractivity contribution in [1.29, 1.82) is 0 Å². The molecule has 42 heavy (non-hydrogen) atoms. The van der Waals surface area contributed by atoms with Gasteiger partial charge in [-0.2, -0.15) is 0 Å². The first-order chi connectivity index (χ1) is 20.9. The van der Waals surface area contributed by atoms with Gasteiger partial charge in [0.15, 0.2) is 0 Å². The van der Waals surface area contributed by atoms with E-state index in [1.54, 1.807) is 0 Å². The van der Waals surface area contributed by atoms with Crippen molar-refractivity contribution >= 4 is 0 Å². The van der Waals surface area contributed by atoms with Crippen molar-refractivity contribution in [3.8, 4) is 0 Å². The Hall–Kier alpha value is -0.790. The number of rotatable bonds is 35. The van der Waals surface area contributed by atoms with Gasteiger partial charge in [-0.05, 0) is 19.3 Å². The number of nitrogens with zero attached hydrogens (tertiary/aromatic N) is 2. The summed E-state index contributed by atoms with van der Waals surface area (Å²) in [4.78, 5) is 4.47. The minimum absolute atomic E-state index is 1.17. The fourth-order valence-corrected chi connectivity index (χ4v) is 6.62. The fraction of sp³-hybridized carbons (Fsp3) is 0.925. The largest absolute Gasteiger partial charge is 0.335 e. The zero-order valence-corrected chi connectivity index (χ0v) is 29.3. The van der Waals surface area contributed by atoms with Crippen LogP contribution in [0.25, 0.3) is 0 Å². The Labute approximate surface area is 266 Å². The van der Waals surface area contributed by atoms with Gasteiger partial charge < -0.3 is 4.57 Å². The van der Waals surface area contributed by atoms with Gasteiger partial charge in [0.25, 0.3) is 0 Å². The second-order valence-electron chi connectivity index (χ2n) is 13.8. The molecule has 0 aliphatic heterocycles. The molecular weight excluding hydrogens is 508 g/mol. The SMILES string of the molecule is CCCCCCCCCCCCCCCCCCCc1cncn1CCCCCCCCCCCCCCCCCC. The number of imidazole rings is 1. The summed E-state index contributed by atoms with van der Waals surface area (Å²) in [5.41, 5.74) is 1.47. The Morgan fingerprint density at radius 3 is 1.00 bits per heavy atom. The normalized spacial score (nSPS) is 11.6. The van der Waals surface area contributed by atoms with Gasteiger partial charge in [0.05, 0.1) is 6.33 Å². The van der Waals surface area contributed by atoms with E-state index < -0.39 is 0 Å². The standard InChI is InChI=1S/C40H78N2/c1-3-5-7-9-11-13-15-17-19-21-22-24-26-28-30-32-34-36-40-38-41-39-42(40)37-35-33-31-29-27-25-23-20-18-16-14-12-10-8-6-4-2/h38-39H,3-37H2,1-2H3. The molecule has 2 heteroatoms. The molecule has 1 heterocycles. The van der Waals surface area contributed by atoms with Crippen molar-refractivity contribution in [2.45, 2.75) is 239 Å². The number of hydrogen-bond acceptors (Lipinski definition) is 1. The second-order valence-corrected chi connectivity index (χ2v) is 13.8. The van der Waals surface area contributed by atoms with Gasteiger partial charge in [-0.1, -0.05) is 213 Å². The van der Waals surface area contributed by atoms with Gasteiger partial charge in [0.1, 0.15) is 0 Å². The van der Waals surface area contributed by atoms with E-state index in [4.69, 9.17) is 0 Å². The van der Waals surface area contributed by atoms with Gasteiger partial charge in [0.2, 0.25) is 0 Å². The van der Waals surface area contributed by atoms with Crippen LogP contribution in [0, 0.1) is 0 Å². The minimum Gasteiger partial charge on any atom is -0.335 e. The van der Waals surface area contributed by atoms with Crippen LogP contribution in [-0.4, -0.2) is 9.55 Å². The van der Waals surface area contributed by atoms with E-state index in [-0.39, 0.29) is 0 Å². The monoisotopic (exact) mass is 587 g/mol. The molecule has 0 saturated carbocycles. The summed E-state index contributed by atoms with van der Waals surface area (Å²) in [6.45, 7) is 5.78. The lowest BCUT2D eigenvalue weighted by atomic mass is 10.0. The third-order valence-corrected chi connectivity index (χ3v) is 9.59. The average molecular weight is 587 g/mol. The highest BCUT2D eigenvalue weighted by Gasteiger charge is 2.03. The lowest BCUT2D eigenvalue weighted by Gasteiger charge is -2.08. The lowest BCUT2D eigenvalue weighted by molar-refractivity contribution is 0.514. The topological polar surface area (TPSA) is 17.8 Å². The molecule has 1 aromatic rings. The van der Waals surface area contributed by atoms with E-state index in [9.17, 15) is 0 Å². The van der Waals surface area contributed by atoms with Crippen LogP contribution in [0.3, 0.4) is 0 Å². The molecule has 0 aromatic carbocycles. The average Bonchev–Trinajstić information content (AvgIpc) is 3.45. The number of aromatic nitrogens is 2. The first-order valence-corrected chi connectivity index (χ1v) is 19.9. The van der Waals surface area contributed by atoms with Crippen molar-refractivity contribution in [3.63, 3.8) is 0 Å². The molecular formula is C40H78N2. The van der Waals surface area contributed by atoms with Gasteiger partial charge in [-0.15, -0.1) is 0 Å². The summed E-state index contributed by atoms with van der Waals surface area (Å²) in [5.74, 6) is 0. The zero-order valence-electron chi connectivity index (χ0n) is 29.3. The minimum atomic E-state index is 1.17. The Bertz CT molecular complexity index is 621. The molecule has 2 nitrogen and oxygen atoms in total. The van der Waals surface area contributed by atoms with Crippen molar-refractivity contribution in [1.82, 2.24) is 9.55 Å². The van der Waals surface area contributed by atoms with E-state index in [0.29, 0.717) is 0 Å². The molecule has 0 spiro atoms. The molecule has 0 radical (unpaired) electrons. The summed E-state index contributed by atoms with van der Waals surface area (Å²) >= 11 is 0. The molecule has 1 rings (SSSR count). The summed E-state index contributed by atoms with van der Waals surface area (Å²) in [7, 11) is 0. The molecule has 248 valence electrons. The van der Waals surface area contributed by atoms with Gasteiger partial charge in [-0.25, -0.2) is 4.98 Å². The van der Waals surface area contributed by atoms with Crippen molar-refractivity contribution in [2.24, 2.45) is 0 Å². The first-order valence-electron chi connectivity index (χ1n) is 19.9. The lowest BCUT2D eigenvalue weighted by Crippen LogP contribution is -2.02. The van der Waals surface area contributed by atoms with Gasteiger partial charge in [-0.3, -0.25) is 0 Å². The molecule has 0 N–H and O–H groups in total. The van der Waals surface area contributed by atoms with E-state index in [0.717, 1.165) is 0 Å². The van der Waals surface area contributed by atoms with E-state index in [1.165, 1.54) is 231 Å². The number of hydrogen-bond donors (Lipinski definition) is 0. The maximum absolute atomic E-state index is 4.47. The molecule has 0 atom stereocenters. The summed E-state index contributed by atoms with van der Waals surface area (Å²) in [6.07, 6.45) is 53.0. The molecule has 1 aromatic heterocycles. The number of aryl methyl sites for hydroxylation is 2. The first kappa shape index (κ1) is 39.2. The predicted octanol–water partition coefficient (Wildman–Crippen LogP) is 14.3. The molecule has 0 aliphatic rings. The highest BCUT2D eigenvalue weighted by atomic mass is 15.0. The van der Waals surface area contributed by atoms with Crippen LogP contribution in [0.4, 0.5) is 0 Å². The highest BCUT2D eigenvalue weighted by Crippen LogP contribution is 2.16. The third kappa shape index (κ3) is 26.8. The van der Waals surface area contributed by atoms with Crippen LogP contribution in [0.5, 0.6) is 0 Å². The number of unbranched alkanes of at least 4 members (excludes halogenated alkanes) is 31. The Morgan fingerprint density at radius 1 is 0.381 bits per heavy atom. The summed E-state index contributed by atoms with van der Waals surface area (Å²) in [6, 6.07) is 0. The van der Waals surface area contributed by atoms with Crippen LogP contribution in [0.1, 0.15) is 231 Å². The molecule has 0 amide bonds. The summed E-state index contributed by atoms with van der Waals surface area (Å²) in [5, 5.41) is 0. The van der Waals surface area contributed by atoms with Crippen LogP contribution in [0.2, 0.25) is 0 Å². The summed E-state index contributed by atoms with van der Waals surface area (Å²) < 4.78 is 2.44. The Morgan fingerprint density at radius 2 is 0.667 bits per heavy atom. The van der Waals surface area contributed by atoms with Crippen LogP contribution in [0.15, 0.2) is 12.5 Å². The Kier molecular flexibility index (Phi) is 30.9. The molecule has 0 fully saturated rings.